The Morgan fingerprint density at radius 2 is 2.15 bits per heavy atom. The van der Waals surface area contributed by atoms with Crippen LogP contribution >= 0.6 is 0 Å². The molecule has 1 fully saturated rings. The molecule has 1 aromatic carbocycles. The number of carbonyl (C=O) groups is 1. The Bertz CT molecular complexity index is 470. The third-order valence-electron chi connectivity index (χ3n) is 4.20. The van der Waals surface area contributed by atoms with Gasteiger partial charge in [-0.05, 0) is 63.3 Å². The molecule has 0 aliphatic carbocycles. The van der Waals surface area contributed by atoms with Gasteiger partial charge in [0.2, 0.25) is 0 Å². The van der Waals surface area contributed by atoms with Crippen LogP contribution in [0.2, 0.25) is 0 Å². The van der Waals surface area contributed by atoms with E-state index in [2.05, 4.69) is 31.0 Å². The van der Waals surface area contributed by atoms with E-state index in [-0.39, 0.29) is 5.91 Å². The third-order valence-corrected chi connectivity index (χ3v) is 4.20. The van der Waals surface area contributed by atoms with E-state index < -0.39 is 0 Å². The quantitative estimate of drug-likeness (QED) is 0.905. The summed E-state index contributed by atoms with van der Waals surface area (Å²) in [6.07, 6.45) is 4.59. The van der Waals surface area contributed by atoms with Gasteiger partial charge in [-0.1, -0.05) is 6.92 Å². The van der Waals surface area contributed by atoms with Crippen molar-refractivity contribution in [2.24, 2.45) is 0 Å². The molecule has 2 rings (SSSR count). The molecule has 110 valence electrons. The Hall–Kier alpha value is -1.51. The van der Waals surface area contributed by atoms with Gasteiger partial charge in [0, 0.05) is 30.4 Å². The Labute approximate surface area is 122 Å². The van der Waals surface area contributed by atoms with E-state index >= 15 is 0 Å². The standard InChI is InChI=1S/C17H26N2O/c1-4-15-8-6-7-11-19(15)17(20)14-9-10-16(18-5-2)13(3)12-14/h9-10,12,15,18H,4-8,11H2,1-3H3. The van der Waals surface area contributed by atoms with Crippen molar-refractivity contribution in [3.8, 4) is 0 Å². The lowest BCUT2D eigenvalue weighted by atomic mass is 9.98. The fourth-order valence-electron chi connectivity index (χ4n) is 3.04. The minimum atomic E-state index is 0.197. The van der Waals surface area contributed by atoms with Crippen molar-refractivity contribution in [1.82, 2.24) is 4.90 Å². The molecule has 0 saturated carbocycles. The second kappa shape index (κ2) is 6.78. The number of rotatable bonds is 4. The van der Waals surface area contributed by atoms with Gasteiger partial charge in [-0.3, -0.25) is 4.79 Å². The first-order chi connectivity index (χ1) is 9.67. The number of nitrogens with one attached hydrogen (secondary N) is 1. The molecule has 20 heavy (non-hydrogen) atoms. The van der Waals surface area contributed by atoms with Gasteiger partial charge >= 0.3 is 0 Å². The van der Waals surface area contributed by atoms with Gasteiger partial charge in [0.05, 0.1) is 0 Å². The SMILES string of the molecule is CCNc1ccc(C(=O)N2CCCCC2CC)cc1C. The van der Waals surface area contributed by atoms with Crippen LogP contribution in [0.3, 0.4) is 0 Å². The molecule has 0 bridgehead atoms. The van der Waals surface area contributed by atoms with Crippen LogP contribution in [0.15, 0.2) is 18.2 Å². The Morgan fingerprint density at radius 3 is 2.80 bits per heavy atom. The number of anilines is 1. The van der Waals surface area contributed by atoms with Crippen LogP contribution in [0.1, 0.15) is 55.5 Å². The average Bonchev–Trinajstić information content (AvgIpc) is 2.48. The van der Waals surface area contributed by atoms with E-state index in [1.807, 2.05) is 18.2 Å². The van der Waals surface area contributed by atoms with Crippen molar-refractivity contribution in [1.29, 1.82) is 0 Å². The van der Waals surface area contributed by atoms with Gasteiger partial charge in [0.15, 0.2) is 0 Å². The minimum Gasteiger partial charge on any atom is -0.385 e. The van der Waals surface area contributed by atoms with Crippen molar-refractivity contribution in [2.45, 2.75) is 52.5 Å². The van der Waals surface area contributed by atoms with Crippen molar-refractivity contribution < 1.29 is 4.79 Å². The number of carbonyl (C=O) groups excluding carboxylic acids is 1. The number of hydrogen-bond donors (Lipinski definition) is 1. The summed E-state index contributed by atoms with van der Waals surface area (Å²) in [4.78, 5) is 14.8. The van der Waals surface area contributed by atoms with Crippen LogP contribution in [-0.4, -0.2) is 29.9 Å². The van der Waals surface area contributed by atoms with Crippen LogP contribution < -0.4 is 5.32 Å². The average molecular weight is 274 g/mol. The molecule has 1 heterocycles. The molecule has 1 atom stereocenters. The van der Waals surface area contributed by atoms with Crippen LogP contribution in [0.5, 0.6) is 0 Å². The first kappa shape index (κ1) is 14.9. The lowest BCUT2D eigenvalue weighted by Gasteiger charge is -2.35. The topological polar surface area (TPSA) is 32.3 Å². The first-order valence-electron chi connectivity index (χ1n) is 7.82. The maximum atomic E-state index is 12.7. The predicted octanol–water partition coefficient (Wildman–Crippen LogP) is 3.83. The van der Waals surface area contributed by atoms with Gasteiger partial charge in [-0.15, -0.1) is 0 Å². The molecule has 1 aromatic rings. The molecule has 0 spiro atoms. The molecule has 3 nitrogen and oxygen atoms in total. The number of nitrogens with zero attached hydrogens (tertiary/aromatic N) is 1. The number of aryl methyl sites for hydroxylation is 1. The van der Waals surface area contributed by atoms with Crippen molar-refractivity contribution in [2.75, 3.05) is 18.4 Å². The summed E-state index contributed by atoms with van der Waals surface area (Å²) in [5.74, 6) is 0.197. The predicted molar refractivity (Wildman–Crippen MR) is 84.3 cm³/mol. The van der Waals surface area contributed by atoms with E-state index in [0.29, 0.717) is 6.04 Å². The fourth-order valence-corrected chi connectivity index (χ4v) is 3.04. The van der Waals surface area contributed by atoms with Gasteiger partial charge in [-0.2, -0.15) is 0 Å². The summed E-state index contributed by atoms with van der Waals surface area (Å²) >= 11 is 0. The molecule has 0 aromatic heterocycles. The van der Waals surface area contributed by atoms with Gasteiger partial charge < -0.3 is 10.2 Å². The molecular formula is C17H26N2O. The molecule has 1 amide bonds. The highest BCUT2D eigenvalue weighted by Gasteiger charge is 2.26. The number of benzene rings is 1. The molecule has 3 heteroatoms. The summed E-state index contributed by atoms with van der Waals surface area (Å²) in [5.41, 5.74) is 3.09. The fraction of sp³-hybridized carbons (Fsp3) is 0.588. The van der Waals surface area contributed by atoms with Crippen LogP contribution in [0.25, 0.3) is 0 Å². The Kier molecular flexibility index (Phi) is 5.05. The maximum Gasteiger partial charge on any atom is 0.254 e. The first-order valence-corrected chi connectivity index (χ1v) is 7.82. The molecule has 1 saturated heterocycles. The normalized spacial score (nSPS) is 18.9. The summed E-state index contributed by atoms with van der Waals surface area (Å²) in [5, 5.41) is 3.32. The second-order valence-corrected chi connectivity index (χ2v) is 5.62. The minimum absolute atomic E-state index is 0.197. The zero-order chi connectivity index (χ0) is 14.5. The van der Waals surface area contributed by atoms with Crippen LogP contribution in [0, 0.1) is 6.92 Å². The monoisotopic (exact) mass is 274 g/mol. The Balaban J connectivity index is 2.17. The molecule has 1 aliphatic heterocycles. The summed E-state index contributed by atoms with van der Waals surface area (Å²) in [6.45, 7) is 8.12. The highest BCUT2D eigenvalue weighted by molar-refractivity contribution is 5.95. The van der Waals surface area contributed by atoms with E-state index in [0.717, 1.165) is 49.2 Å². The molecular weight excluding hydrogens is 248 g/mol. The molecule has 1 unspecified atom stereocenters. The summed E-state index contributed by atoms with van der Waals surface area (Å²) in [7, 11) is 0. The Morgan fingerprint density at radius 1 is 1.35 bits per heavy atom. The number of piperidine rings is 1. The zero-order valence-corrected chi connectivity index (χ0v) is 12.9. The molecule has 1 N–H and O–H groups in total. The van der Waals surface area contributed by atoms with Gasteiger partial charge in [0.25, 0.3) is 5.91 Å². The van der Waals surface area contributed by atoms with E-state index in [9.17, 15) is 4.79 Å². The number of amides is 1. The number of likely N-dealkylation sites (tertiary alicyclic amines) is 1. The second-order valence-electron chi connectivity index (χ2n) is 5.62. The highest BCUT2D eigenvalue weighted by atomic mass is 16.2. The maximum absolute atomic E-state index is 12.7. The smallest absolute Gasteiger partial charge is 0.254 e. The highest BCUT2D eigenvalue weighted by Crippen LogP contribution is 2.23. The largest absolute Gasteiger partial charge is 0.385 e. The van der Waals surface area contributed by atoms with E-state index in [4.69, 9.17) is 0 Å². The van der Waals surface area contributed by atoms with Crippen molar-refractivity contribution >= 4 is 11.6 Å². The van der Waals surface area contributed by atoms with Crippen molar-refractivity contribution in [3.63, 3.8) is 0 Å². The van der Waals surface area contributed by atoms with Gasteiger partial charge in [-0.25, -0.2) is 0 Å². The van der Waals surface area contributed by atoms with Crippen LogP contribution in [-0.2, 0) is 0 Å². The van der Waals surface area contributed by atoms with Gasteiger partial charge in [0.1, 0.15) is 0 Å². The van der Waals surface area contributed by atoms with Crippen molar-refractivity contribution in [3.05, 3.63) is 29.3 Å². The molecule has 1 aliphatic rings. The number of hydrogen-bond acceptors (Lipinski definition) is 2. The molecule has 0 radical (unpaired) electrons. The summed E-state index contributed by atoms with van der Waals surface area (Å²) in [6, 6.07) is 6.41. The van der Waals surface area contributed by atoms with E-state index in [1.54, 1.807) is 0 Å². The lowest BCUT2D eigenvalue weighted by molar-refractivity contribution is 0.0608. The lowest BCUT2D eigenvalue weighted by Crippen LogP contribution is -2.43. The van der Waals surface area contributed by atoms with Crippen LogP contribution in [0.4, 0.5) is 5.69 Å². The summed E-state index contributed by atoms with van der Waals surface area (Å²) < 4.78 is 0. The van der Waals surface area contributed by atoms with E-state index in [1.165, 1.54) is 6.42 Å². The zero-order valence-electron chi connectivity index (χ0n) is 12.9. The third kappa shape index (κ3) is 3.14.